The lowest BCUT2D eigenvalue weighted by atomic mass is 10.1. The molecule has 0 fully saturated rings. The number of unbranched alkanes of at least 4 members (excludes halogenated alkanes) is 1. The first-order valence-corrected chi connectivity index (χ1v) is 12.8. The number of carbonyl (C=O) groups is 2. The van der Waals surface area contributed by atoms with E-state index in [1.807, 2.05) is 11.0 Å². The summed E-state index contributed by atoms with van der Waals surface area (Å²) in [5.74, 6) is -1.11. The molecule has 0 saturated carbocycles. The Morgan fingerprint density at radius 3 is 2.54 bits per heavy atom. The average molecular weight is 519 g/mol. The molecule has 10 heteroatoms. The van der Waals surface area contributed by atoms with Crippen molar-refractivity contribution in [2.24, 2.45) is 0 Å². The topological polar surface area (TPSA) is 115 Å². The number of rotatable bonds is 15. The van der Waals surface area contributed by atoms with Crippen LogP contribution in [-0.4, -0.2) is 70.6 Å². The van der Waals surface area contributed by atoms with E-state index in [1.54, 1.807) is 30.3 Å². The van der Waals surface area contributed by atoms with Crippen molar-refractivity contribution in [1.29, 1.82) is 0 Å². The molecular formula is C27H36F2N4O4. The molecule has 0 aliphatic carbocycles. The number of amides is 1. The summed E-state index contributed by atoms with van der Waals surface area (Å²) in [6, 6.07) is 11.1. The van der Waals surface area contributed by atoms with Crippen molar-refractivity contribution in [3.05, 3.63) is 59.3 Å². The highest BCUT2D eigenvalue weighted by molar-refractivity contribution is 5.86. The number of alkyl halides is 2. The van der Waals surface area contributed by atoms with E-state index in [4.69, 9.17) is 0 Å². The first kappa shape index (κ1) is 28.5. The van der Waals surface area contributed by atoms with Gasteiger partial charge in [0.05, 0.1) is 0 Å². The summed E-state index contributed by atoms with van der Waals surface area (Å²) in [4.78, 5) is 30.6. The first-order chi connectivity index (χ1) is 17.8. The van der Waals surface area contributed by atoms with Gasteiger partial charge in [0.1, 0.15) is 11.9 Å². The molecule has 2 atom stereocenters. The van der Waals surface area contributed by atoms with Crippen LogP contribution in [0.1, 0.15) is 55.0 Å². The molecule has 4 N–H and O–H groups in total. The number of aliphatic carboxylic acids is 1. The van der Waals surface area contributed by atoms with Crippen LogP contribution in [0.3, 0.4) is 0 Å². The summed E-state index contributed by atoms with van der Waals surface area (Å²) < 4.78 is 25.7. The number of fused-ring (bicyclic) bond motifs is 1. The van der Waals surface area contributed by atoms with Crippen LogP contribution >= 0.6 is 0 Å². The van der Waals surface area contributed by atoms with Gasteiger partial charge in [0.15, 0.2) is 6.10 Å². The molecule has 1 aliphatic heterocycles. The molecule has 37 heavy (non-hydrogen) atoms. The molecular weight excluding hydrogens is 482 g/mol. The van der Waals surface area contributed by atoms with E-state index in [0.717, 1.165) is 50.2 Å². The molecule has 1 aliphatic rings. The van der Waals surface area contributed by atoms with Gasteiger partial charge in [-0.3, -0.25) is 4.79 Å². The standard InChI is InChI=1S/C27H36F2N4O4/c28-23(29)14-18-33(16-5-4-10-21-12-11-20-9-6-15-30-25(20)31-21)17-13-22(27(36)37)32-26(35)24(34)19-7-2-1-3-8-19/h1-3,7-8,11-12,22-24,34H,4-6,9-10,13-18H2,(H,30,31)(H,32,35)(H,36,37). The summed E-state index contributed by atoms with van der Waals surface area (Å²) in [5.41, 5.74) is 2.56. The minimum atomic E-state index is -2.45. The molecule has 3 rings (SSSR count). The van der Waals surface area contributed by atoms with Gasteiger partial charge in [-0.2, -0.15) is 0 Å². The van der Waals surface area contributed by atoms with Crippen LogP contribution in [0.15, 0.2) is 42.5 Å². The highest BCUT2D eigenvalue weighted by Crippen LogP contribution is 2.20. The van der Waals surface area contributed by atoms with Gasteiger partial charge in [-0.25, -0.2) is 18.6 Å². The number of pyridine rings is 1. The number of anilines is 1. The van der Waals surface area contributed by atoms with E-state index < -0.39 is 30.4 Å². The molecule has 0 spiro atoms. The molecule has 1 aromatic heterocycles. The zero-order chi connectivity index (χ0) is 26.6. The Hall–Kier alpha value is -3.11. The number of carbonyl (C=O) groups excluding carboxylic acids is 1. The first-order valence-electron chi connectivity index (χ1n) is 12.8. The highest BCUT2D eigenvalue weighted by Gasteiger charge is 2.25. The SMILES string of the molecule is O=C(O)C(CCN(CCCCc1ccc2c(n1)NCCC2)CCC(F)F)NC(=O)C(O)c1ccccc1. The van der Waals surface area contributed by atoms with Crippen LogP contribution in [0.2, 0.25) is 0 Å². The predicted octanol–water partition coefficient (Wildman–Crippen LogP) is 3.41. The van der Waals surface area contributed by atoms with Crippen LogP contribution in [0.4, 0.5) is 14.6 Å². The van der Waals surface area contributed by atoms with E-state index in [-0.39, 0.29) is 25.9 Å². The maximum absolute atomic E-state index is 12.9. The molecule has 0 saturated heterocycles. The number of halogens is 2. The minimum Gasteiger partial charge on any atom is -0.480 e. The Kier molecular flexibility index (Phi) is 11.2. The number of carboxylic acids is 1. The second-order valence-electron chi connectivity index (χ2n) is 9.32. The van der Waals surface area contributed by atoms with Gasteiger partial charge in [0, 0.05) is 31.7 Å². The number of hydrogen-bond acceptors (Lipinski definition) is 6. The van der Waals surface area contributed by atoms with Crippen molar-refractivity contribution in [1.82, 2.24) is 15.2 Å². The van der Waals surface area contributed by atoms with Crippen LogP contribution < -0.4 is 10.6 Å². The quantitative estimate of drug-likeness (QED) is 0.267. The summed E-state index contributed by atoms with van der Waals surface area (Å²) in [7, 11) is 0. The maximum Gasteiger partial charge on any atom is 0.326 e. The lowest BCUT2D eigenvalue weighted by Gasteiger charge is -2.25. The number of benzene rings is 1. The molecule has 0 radical (unpaired) electrons. The molecule has 2 unspecified atom stereocenters. The third-order valence-electron chi connectivity index (χ3n) is 6.48. The third-order valence-corrected chi connectivity index (χ3v) is 6.48. The van der Waals surface area contributed by atoms with Gasteiger partial charge in [-0.15, -0.1) is 0 Å². The van der Waals surface area contributed by atoms with Crippen molar-refractivity contribution < 1.29 is 28.6 Å². The number of hydrogen-bond donors (Lipinski definition) is 4. The highest BCUT2D eigenvalue weighted by atomic mass is 19.3. The van der Waals surface area contributed by atoms with Crippen LogP contribution in [0, 0.1) is 0 Å². The molecule has 1 aromatic carbocycles. The fraction of sp³-hybridized carbons (Fsp3) is 0.519. The van der Waals surface area contributed by atoms with E-state index in [9.17, 15) is 28.6 Å². The van der Waals surface area contributed by atoms with Crippen molar-refractivity contribution in [3.8, 4) is 0 Å². The average Bonchev–Trinajstić information content (AvgIpc) is 2.90. The normalized spacial score (nSPS) is 14.6. The number of aryl methyl sites for hydroxylation is 2. The molecule has 2 aromatic rings. The Bertz CT molecular complexity index is 1010. The van der Waals surface area contributed by atoms with E-state index in [2.05, 4.69) is 21.7 Å². The second kappa shape index (κ2) is 14.6. The van der Waals surface area contributed by atoms with Gasteiger partial charge in [-0.05, 0) is 62.3 Å². The van der Waals surface area contributed by atoms with Gasteiger partial charge < -0.3 is 25.7 Å². The summed E-state index contributed by atoms with van der Waals surface area (Å²) >= 11 is 0. The number of nitrogens with one attached hydrogen (secondary N) is 2. The number of aromatic nitrogens is 1. The second-order valence-corrected chi connectivity index (χ2v) is 9.32. The van der Waals surface area contributed by atoms with Crippen LogP contribution in [0.25, 0.3) is 0 Å². The largest absolute Gasteiger partial charge is 0.480 e. The number of aliphatic hydroxyl groups is 1. The number of carboxylic acid groups (broad SMARTS) is 1. The zero-order valence-corrected chi connectivity index (χ0v) is 20.9. The molecule has 0 bridgehead atoms. The zero-order valence-electron chi connectivity index (χ0n) is 20.9. The number of aliphatic hydroxyl groups excluding tert-OH is 1. The smallest absolute Gasteiger partial charge is 0.326 e. The molecule has 202 valence electrons. The maximum atomic E-state index is 12.9. The van der Waals surface area contributed by atoms with Crippen LogP contribution in [0.5, 0.6) is 0 Å². The van der Waals surface area contributed by atoms with Crippen molar-refractivity contribution >= 4 is 17.7 Å². The lowest BCUT2D eigenvalue weighted by molar-refractivity contribution is -0.143. The van der Waals surface area contributed by atoms with Crippen molar-refractivity contribution in [2.75, 3.05) is 31.5 Å². The fourth-order valence-electron chi connectivity index (χ4n) is 4.37. The monoisotopic (exact) mass is 518 g/mol. The van der Waals surface area contributed by atoms with E-state index in [0.29, 0.717) is 12.1 Å². The predicted molar refractivity (Wildman–Crippen MR) is 137 cm³/mol. The Morgan fingerprint density at radius 1 is 1.05 bits per heavy atom. The Morgan fingerprint density at radius 2 is 1.81 bits per heavy atom. The summed E-state index contributed by atoms with van der Waals surface area (Å²) in [6.45, 7) is 1.81. The Labute approximate surface area is 216 Å². The Balaban J connectivity index is 1.49. The van der Waals surface area contributed by atoms with Gasteiger partial charge in [0.25, 0.3) is 5.91 Å². The van der Waals surface area contributed by atoms with Crippen LogP contribution in [-0.2, 0) is 22.4 Å². The van der Waals surface area contributed by atoms with Gasteiger partial charge in [0.2, 0.25) is 6.43 Å². The van der Waals surface area contributed by atoms with E-state index in [1.165, 1.54) is 5.56 Å². The lowest BCUT2D eigenvalue weighted by Crippen LogP contribution is -2.45. The number of nitrogens with zero attached hydrogens (tertiary/aromatic N) is 2. The molecule has 1 amide bonds. The molecule has 2 heterocycles. The van der Waals surface area contributed by atoms with Crippen molar-refractivity contribution in [3.63, 3.8) is 0 Å². The summed E-state index contributed by atoms with van der Waals surface area (Å²) in [5, 5.41) is 25.5. The fourth-order valence-corrected chi connectivity index (χ4v) is 4.37. The molecule has 8 nitrogen and oxygen atoms in total. The van der Waals surface area contributed by atoms with E-state index >= 15 is 0 Å². The third kappa shape index (κ3) is 9.36. The van der Waals surface area contributed by atoms with Gasteiger partial charge >= 0.3 is 5.97 Å². The minimum absolute atomic E-state index is 0.0316. The summed E-state index contributed by atoms with van der Waals surface area (Å²) in [6.07, 6.45) is 0.226. The van der Waals surface area contributed by atoms with Crippen molar-refractivity contribution in [2.45, 2.75) is 63.5 Å². The van der Waals surface area contributed by atoms with Gasteiger partial charge in [-0.1, -0.05) is 36.4 Å².